The van der Waals surface area contributed by atoms with Crippen molar-refractivity contribution in [2.24, 2.45) is 0 Å². The summed E-state index contributed by atoms with van der Waals surface area (Å²) in [6, 6.07) is 10.5. The normalized spacial score (nSPS) is 13.0. The Balaban J connectivity index is 2.39. The Bertz CT molecular complexity index is 698. The number of thiophene rings is 1. The Kier molecular flexibility index (Phi) is 4.96. The van der Waals surface area contributed by atoms with Crippen molar-refractivity contribution in [2.45, 2.75) is 36.8 Å². The molecule has 21 heavy (non-hydrogen) atoms. The number of rotatable bonds is 6. The molecule has 0 N–H and O–H groups in total. The first-order valence-corrected chi connectivity index (χ1v) is 9.17. The second-order valence-corrected chi connectivity index (χ2v) is 8.21. The van der Waals surface area contributed by atoms with Crippen LogP contribution in [0.3, 0.4) is 0 Å². The van der Waals surface area contributed by atoms with Crippen molar-refractivity contribution in [2.75, 3.05) is 0 Å². The van der Waals surface area contributed by atoms with Gasteiger partial charge in [0.15, 0.2) is 9.84 Å². The number of Topliss-reactive ketones (excluding diaryl/α,β-unsaturated/α-hetero) is 1. The molecule has 0 saturated carbocycles. The van der Waals surface area contributed by atoms with Crippen molar-refractivity contribution < 1.29 is 13.2 Å². The summed E-state index contributed by atoms with van der Waals surface area (Å²) in [6.45, 7) is 3.41. The van der Waals surface area contributed by atoms with Crippen LogP contribution in [0.25, 0.3) is 0 Å². The lowest BCUT2D eigenvalue weighted by molar-refractivity contribution is -0.117. The highest BCUT2D eigenvalue weighted by Crippen LogP contribution is 2.35. The molecule has 0 aliphatic rings. The summed E-state index contributed by atoms with van der Waals surface area (Å²) in [7, 11) is -3.48. The van der Waals surface area contributed by atoms with Crippen molar-refractivity contribution in [1.82, 2.24) is 0 Å². The van der Waals surface area contributed by atoms with Crippen molar-refractivity contribution >= 4 is 27.0 Å². The average Bonchev–Trinajstić information content (AvgIpc) is 2.92. The van der Waals surface area contributed by atoms with Gasteiger partial charge >= 0.3 is 0 Å². The third-order valence-electron chi connectivity index (χ3n) is 3.34. The van der Waals surface area contributed by atoms with Crippen LogP contribution in [0.15, 0.2) is 46.7 Å². The highest BCUT2D eigenvalue weighted by Gasteiger charge is 2.29. The number of benzene rings is 1. The fourth-order valence-electron chi connectivity index (χ4n) is 2.15. The van der Waals surface area contributed by atoms with E-state index in [4.69, 9.17) is 0 Å². The summed E-state index contributed by atoms with van der Waals surface area (Å²) in [5.74, 6) is 0.00987. The van der Waals surface area contributed by atoms with E-state index in [0.29, 0.717) is 11.3 Å². The van der Waals surface area contributed by atoms with Crippen LogP contribution in [0.1, 0.15) is 35.5 Å². The molecule has 0 radical (unpaired) electrons. The SMILES string of the molecule is CC(=O)CCC(c1cccs1)S(=O)(=O)c1ccc(C)cc1. The van der Waals surface area contributed by atoms with E-state index in [1.54, 1.807) is 24.3 Å². The van der Waals surface area contributed by atoms with Crippen LogP contribution in [0, 0.1) is 6.92 Å². The lowest BCUT2D eigenvalue weighted by Crippen LogP contribution is -2.14. The third-order valence-corrected chi connectivity index (χ3v) is 6.65. The van der Waals surface area contributed by atoms with Crippen LogP contribution < -0.4 is 0 Å². The standard InChI is InChI=1S/C16H18O3S2/c1-12-5-8-14(9-6-12)21(18,19)16(10-7-13(2)17)15-4-3-11-20-15/h3-6,8-9,11,16H,7,10H2,1-2H3. The Morgan fingerprint density at radius 2 is 1.86 bits per heavy atom. The molecule has 5 heteroatoms. The summed E-state index contributed by atoms with van der Waals surface area (Å²) in [4.78, 5) is 12.3. The number of hydrogen-bond donors (Lipinski definition) is 0. The smallest absolute Gasteiger partial charge is 0.186 e. The molecule has 0 aliphatic heterocycles. The molecule has 112 valence electrons. The molecule has 1 aromatic heterocycles. The van der Waals surface area contributed by atoms with Crippen LogP contribution in [-0.2, 0) is 14.6 Å². The number of aryl methyl sites for hydroxylation is 1. The minimum Gasteiger partial charge on any atom is -0.300 e. The minimum absolute atomic E-state index is 0.00987. The van der Waals surface area contributed by atoms with Gasteiger partial charge in [0, 0.05) is 11.3 Å². The zero-order chi connectivity index (χ0) is 15.5. The summed E-state index contributed by atoms with van der Waals surface area (Å²) in [5.41, 5.74) is 1.02. The Morgan fingerprint density at radius 1 is 1.19 bits per heavy atom. The second kappa shape index (κ2) is 6.54. The van der Waals surface area contributed by atoms with Crippen molar-refractivity contribution in [3.63, 3.8) is 0 Å². The van der Waals surface area contributed by atoms with Gasteiger partial charge in [0.05, 0.1) is 4.90 Å². The van der Waals surface area contributed by atoms with Gasteiger partial charge in [-0.3, -0.25) is 0 Å². The highest BCUT2D eigenvalue weighted by atomic mass is 32.2. The fourth-order valence-corrected chi connectivity index (χ4v) is 5.10. The number of carbonyl (C=O) groups is 1. The maximum Gasteiger partial charge on any atom is 0.186 e. The average molecular weight is 322 g/mol. The lowest BCUT2D eigenvalue weighted by atomic mass is 10.1. The van der Waals surface area contributed by atoms with Gasteiger partial charge in [0.2, 0.25) is 0 Å². The maximum atomic E-state index is 12.8. The predicted octanol–water partition coefficient (Wildman–Crippen LogP) is 3.94. The number of ketones is 1. The highest BCUT2D eigenvalue weighted by molar-refractivity contribution is 7.91. The van der Waals surface area contributed by atoms with Gasteiger partial charge in [0.25, 0.3) is 0 Å². The summed E-state index contributed by atoms with van der Waals surface area (Å²) < 4.78 is 25.7. The van der Waals surface area contributed by atoms with E-state index >= 15 is 0 Å². The molecule has 3 nitrogen and oxygen atoms in total. The van der Waals surface area contributed by atoms with Crippen molar-refractivity contribution in [3.8, 4) is 0 Å². The van der Waals surface area contributed by atoms with E-state index in [9.17, 15) is 13.2 Å². The largest absolute Gasteiger partial charge is 0.300 e. The number of carbonyl (C=O) groups excluding carboxylic acids is 1. The van der Waals surface area contributed by atoms with Gasteiger partial charge in [0.1, 0.15) is 11.0 Å². The van der Waals surface area contributed by atoms with E-state index < -0.39 is 15.1 Å². The van der Waals surface area contributed by atoms with E-state index in [-0.39, 0.29) is 12.2 Å². The monoisotopic (exact) mass is 322 g/mol. The van der Waals surface area contributed by atoms with Gasteiger partial charge in [-0.25, -0.2) is 8.42 Å². The number of sulfone groups is 1. The van der Waals surface area contributed by atoms with Crippen LogP contribution in [0.4, 0.5) is 0 Å². The van der Waals surface area contributed by atoms with Crippen LogP contribution in [0.2, 0.25) is 0 Å². The Morgan fingerprint density at radius 3 is 2.38 bits per heavy atom. The van der Waals surface area contributed by atoms with Crippen LogP contribution in [0.5, 0.6) is 0 Å². The first-order chi connectivity index (χ1) is 9.91. The molecule has 0 saturated heterocycles. The molecule has 1 aromatic carbocycles. The molecule has 0 spiro atoms. The van der Waals surface area contributed by atoms with E-state index in [0.717, 1.165) is 10.4 Å². The molecular weight excluding hydrogens is 304 g/mol. The Labute approximate surface area is 129 Å². The molecule has 2 rings (SSSR count). The van der Waals surface area contributed by atoms with E-state index in [1.165, 1.54) is 18.3 Å². The van der Waals surface area contributed by atoms with Gasteiger partial charge in [-0.05, 0) is 43.8 Å². The molecule has 2 aromatic rings. The van der Waals surface area contributed by atoms with Crippen molar-refractivity contribution in [3.05, 3.63) is 52.2 Å². The van der Waals surface area contributed by atoms with Gasteiger partial charge in [-0.2, -0.15) is 0 Å². The first-order valence-electron chi connectivity index (χ1n) is 6.74. The molecule has 0 amide bonds. The Hall–Kier alpha value is -1.46. The molecule has 0 aliphatic carbocycles. The van der Waals surface area contributed by atoms with Gasteiger partial charge in [-0.1, -0.05) is 23.8 Å². The molecular formula is C16H18O3S2. The molecule has 0 bridgehead atoms. The number of hydrogen-bond acceptors (Lipinski definition) is 4. The summed E-state index contributed by atoms with van der Waals surface area (Å²) >= 11 is 1.42. The first kappa shape index (κ1) is 15.9. The molecule has 1 unspecified atom stereocenters. The molecule has 0 fully saturated rings. The van der Waals surface area contributed by atoms with E-state index in [2.05, 4.69) is 0 Å². The van der Waals surface area contributed by atoms with Crippen LogP contribution in [-0.4, -0.2) is 14.2 Å². The second-order valence-electron chi connectivity index (χ2n) is 5.10. The summed E-state index contributed by atoms with van der Waals surface area (Å²) in [6.07, 6.45) is 0.597. The van der Waals surface area contributed by atoms with Gasteiger partial charge < -0.3 is 4.79 Å². The van der Waals surface area contributed by atoms with Crippen molar-refractivity contribution in [1.29, 1.82) is 0 Å². The van der Waals surface area contributed by atoms with E-state index in [1.807, 2.05) is 24.4 Å². The minimum atomic E-state index is -3.48. The predicted molar refractivity (Wildman–Crippen MR) is 85.3 cm³/mol. The lowest BCUT2D eigenvalue weighted by Gasteiger charge is -2.16. The zero-order valence-corrected chi connectivity index (χ0v) is 13.7. The van der Waals surface area contributed by atoms with Crippen LogP contribution >= 0.6 is 11.3 Å². The van der Waals surface area contributed by atoms with Gasteiger partial charge in [-0.15, -0.1) is 11.3 Å². The topological polar surface area (TPSA) is 51.2 Å². The maximum absolute atomic E-state index is 12.8. The third kappa shape index (κ3) is 3.80. The fraction of sp³-hybridized carbons (Fsp3) is 0.312. The molecule has 1 heterocycles. The quantitative estimate of drug-likeness (QED) is 0.809. The summed E-state index contributed by atoms with van der Waals surface area (Å²) in [5, 5.41) is 1.21. The zero-order valence-electron chi connectivity index (χ0n) is 12.1. The molecule has 1 atom stereocenters.